The van der Waals surface area contributed by atoms with Crippen molar-refractivity contribution in [1.29, 1.82) is 0 Å². The Balaban J connectivity index is 1.59. The molecule has 23 heavy (non-hydrogen) atoms. The first kappa shape index (κ1) is 14.4. The Morgan fingerprint density at radius 2 is 2.17 bits per heavy atom. The maximum Gasteiger partial charge on any atom is 0.275 e. The van der Waals surface area contributed by atoms with Crippen molar-refractivity contribution < 1.29 is 9.53 Å². The molecule has 8 nitrogen and oxygen atoms in total. The van der Waals surface area contributed by atoms with Gasteiger partial charge in [-0.05, 0) is 25.8 Å². The van der Waals surface area contributed by atoms with Gasteiger partial charge in [-0.2, -0.15) is 10.2 Å². The van der Waals surface area contributed by atoms with Gasteiger partial charge < -0.3 is 9.64 Å². The number of nitrogens with zero attached hydrogens (tertiary/aromatic N) is 4. The van der Waals surface area contributed by atoms with Gasteiger partial charge in [0.05, 0.1) is 12.1 Å². The Kier molecular flexibility index (Phi) is 3.41. The molecule has 1 aliphatic carbocycles. The number of rotatable bonds is 4. The Hall–Kier alpha value is -2.22. The number of carbonyl (C=O) groups is 1. The third-order valence-corrected chi connectivity index (χ3v) is 4.60. The summed E-state index contributed by atoms with van der Waals surface area (Å²) in [7, 11) is 1.67. The molecule has 0 unspecified atom stereocenters. The molecule has 1 amide bonds. The first-order chi connectivity index (χ1) is 11.2. The molecule has 1 aliphatic heterocycles. The van der Waals surface area contributed by atoms with E-state index >= 15 is 0 Å². The van der Waals surface area contributed by atoms with Crippen LogP contribution in [0.15, 0.2) is 6.07 Å². The zero-order valence-corrected chi connectivity index (χ0v) is 13.2. The standard InChI is InChI=1S/C15H20N6O2/c1-8-16-14(20-17-8)13-5-10(23-2)7-21(13)15(22)12-6-11(18-19-12)9-3-4-9/h6,9-10,13H,3-5,7H2,1-2H3,(H,18,19)(H,16,17,20)/t10-,13+/m1/s1. The van der Waals surface area contributed by atoms with Crippen LogP contribution in [0.25, 0.3) is 0 Å². The van der Waals surface area contributed by atoms with Crippen molar-refractivity contribution in [3.05, 3.63) is 29.1 Å². The molecule has 122 valence electrons. The normalized spacial score (nSPS) is 24.3. The van der Waals surface area contributed by atoms with E-state index < -0.39 is 0 Å². The molecule has 2 aromatic rings. The molecule has 2 atom stereocenters. The van der Waals surface area contributed by atoms with Crippen LogP contribution in [0, 0.1) is 6.92 Å². The van der Waals surface area contributed by atoms with Gasteiger partial charge >= 0.3 is 0 Å². The van der Waals surface area contributed by atoms with Crippen molar-refractivity contribution in [1.82, 2.24) is 30.3 Å². The van der Waals surface area contributed by atoms with Crippen molar-refractivity contribution in [3.63, 3.8) is 0 Å². The second-order valence-electron chi connectivity index (χ2n) is 6.33. The first-order valence-corrected chi connectivity index (χ1v) is 7.93. The SMILES string of the molecule is CO[C@@H]1C[C@@H](c2n[nH]c(C)n2)N(C(=O)c2cc(C3CC3)[nH]n2)C1. The molecule has 1 saturated carbocycles. The average molecular weight is 316 g/mol. The van der Waals surface area contributed by atoms with E-state index in [1.54, 1.807) is 12.0 Å². The van der Waals surface area contributed by atoms with Crippen molar-refractivity contribution in [2.24, 2.45) is 0 Å². The van der Waals surface area contributed by atoms with E-state index in [9.17, 15) is 4.79 Å². The Labute approximate surface area is 133 Å². The summed E-state index contributed by atoms with van der Waals surface area (Å²) in [6, 6.07) is 1.69. The number of aryl methyl sites for hydroxylation is 1. The highest BCUT2D eigenvalue weighted by molar-refractivity contribution is 5.93. The largest absolute Gasteiger partial charge is 0.380 e. The highest BCUT2D eigenvalue weighted by Crippen LogP contribution is 2.39. The molecule has 4 rings (SSSR count). The lowest BCUT2D eigenvalue weighted by Gasteiger charge is -2.21. The van der Waals surface area contributed by atoms with E-state index in [1.165, 1.54) is 12.8 Å². The number of aromatic amines is 2. The smallest absolute Gasteiger partial charge is 0.275 e. The summed E-state index contributed by atoms with van der Waals surface area (Å²) in [4.78, 5) is 19.0. The van der Waals surface area contributed by atoms with Gasteiger partial charge in [0.15, 0.2) is 5.82 Å². The summed E-state index contributed by atoms with van der Waals surface area (Å²) in [5.74, 6) is 1.82. The molecule has 8 heteroatoms. The van der Waals surface area contributed by atoms with Gasteiger partial charge in [-0.1, -0.05) is 0 Å². The highest BCUT2D eigenvalue weighted by Gasteiger charge is 2.40. The summed E-state index contributed by atoms with van der Waals surface area (Å²) in [6.07, 6.45) is 3.03. The minimum Gasteiger partial charge on any atom is -0.380 e. The number of methoxy groups -OCH3 is 1. The monoisotopic (exact) mass is 316 g/mol. The molecular weight excluding hydrogens is 296 g/mol. The Morgan fingerprint density at radius 3 is 2.83 bits per heavy atom. The number of carbonyl (C=O) groups excluding carboxylic acids is 1. The number of ether oxygens (including phenoxy) is 1. The summed E-state index contributed by atoms with van der Waals surface area (Å²) >= 11 is 0. The van der Waals surface area contributed by atoms with Crippen LogP contribution in [-0.4, -0.2) is 55.9 Å². The molecule has 0 bridgehead atoms. The number of hydrogen-bond donors (Lipinski definition) is 2. The lowest BCUT2D eigenvalue weighted by atomic mass is 10.2. The summed E-state index contributed by atoms with van der Waals surface area (Å²) in [6.45, 7) is 2.38. The van der Waals surface area contributed by atoms with Crippen molar-refractivity contribution in [2.75, 3.05) is 13.7 Å². The topological polar surface area (TPSA) is 99.8 Å². The molecule has 0 aromatic carbocycles. The third-order valence-electron chi connectivity index (χ3n) is 4.60. The van der Waals surface area contributed by atoms with Crippen LogP contribution in [0.5, 0.6) is 0 Å². The van der Waals surface area contributed by atoms with Crippen molar-refractivity contribution in [2.45, 2.75) is 44.2 Å². The predicted octanol–water partition coefficient (Wildman–Crippen LogP) is 1.32. The fourth-order valence-corrected chi connectivity index (χ4v) is 3.14. The maximum absolute atomic E-state index is 12.9. The van der Waals surface area contributed by atoms with E-state index in [2.05, 4.69) is 25.4 Å². The predicted molar refractivity (Wildman–Crippen MR) is 80.9 cm³/mol. The van der Waals surface area contributed by atoms with Gasteiger partial charge in [0, 0.05) is 31.7 Å². The van der Waals surface area contributed by atoms with E-state index in [-0.39, 0.29) is 18.1 Å². The number of aromatic nitrogens is 5. The number of H-pyrrole nitrogens is 2. The molecule has 2 aromatic heterocycles. The molecule has 0 spiro atoms. The van der Waals surface area contributed by atoms with Crippen LogP contribution in [0.4, 0.5) is 0 Å². The number of hydrogen-bond acceptors (Lipinski definition) is 5. The van der Waals surface area contributed by atoms with Crippen molar-refractivity contribution in [3.8, 4) is 0 Å². The van der Waals surface area contributed by atoms with Gasteiger partial charge in [0.2, 0.25) is 0 Å². The fourth-order valence-electron chi connectivity index (χ4n) is 3.14. The van der Waals surface area contributed by atoms with Crippen LogP contribution in [-0.2, 0) is 4.74 Å². The van der Waals surface area contributed by atoms with Crippen LogP contribution in [0.3, 0.4) is 0 Å². The van der Waals surface area contributed by atoms with Crippen LogP contribution in [0.1, 0.15) is 59.1 Å². The molecule has 2 aliphatic rings. The molecule has 0 radical (unpaired) electrons. The zero-order valence-electron chi connectivity index (χ0n) is 13.2. The molecular formula is C15H20N6O2. The van der Waals surface area contributed by atoms with Gasteiger partial charge in [0.1, 0.15) is 11.5 Å². The molecule has 2 fully saturated rings. The van der Waals surface area contributed by atoms with Gasteiger partial charge in [-0.3, -0.25) is 15.0 Å². The number of likely N-dealkylation sites (tertiary alicyclic amines) is 1. The fraction of sp³-hybridized carbons (Fsp3) is 0.600. The van der Waals surface area contributed by atoms with E-state index in [0.717, 1.165) is 11.5 Å². The average Bonchev–Trinajstić information content (AvgIpc) is 2.99. The number of amides is 1. The highest BCUT2D eigenvalue weighted by atomic mass is 16.5. The quantitative estimate of drug-likeness (QED) is 0.886. The van der Waals surface area contributed by atoms with E-state index in [4.69, 9.17) is 4.74 Å². The summed E-state index contributed by atoms with van der Waals surface area (Å²) in [5, 5.41) is 14.3. The second-order valence-corrected chi connectivity index (χ2v) is 6.33. The van der Waals surface area contributed by atoms with Crippen LogP contribution < -0.4 is 0 Å². The summed E-state index contributed by atoms with van der Waals surface area (Å²) < 4.78 is 5.45. The lowest BCUT2D eigenvalue weighted by molar-refractivity contribution is 0.0678. The lowest BCUT2D eigenvalue weighted by Crippen LogP contribution is -2.32. The number of nitrogens with one attached hydrogen (secondary N) is 2. The summed E-state index contributed by atoms with van der Waals surface area (Å²) in [5.41, 5.74) is 1.52. The Bertz CT molecular complexity index is 719. The first-order valence-electron chi connectivity index (χ1n) is 7.93. The minimum atomic E-state index is -0.182. The molecule has 3 heterocycles. The zero-order chi connectivity index (χ0) is 16.0. The van der Waals surface area contributed by atoms with Crippen molar-refractivity contribution >= 4 is 5.91 Å². The van der Waals surface area contributed by atoms with Gasteiger partial charge in [-0.15, -0.1) is 0 Å². The molecule has 1 saturated heterocycles. The van der Waals surface area contributed by atoms with Gasteiger partial charge in [0.25, 0.3) is 5.91 Å². The maximum atomic E-state index is 12.9. The van der Waals surface area contributed by atoms with Crippen LogP contribution in [0.2, 0.25) is 0 Å². The Morgan fingerprint density at radius 1 is 1.35 bits per heavy atom. The minimum absolute atomic E-state index is 0.00963. The van der Waals surface area contributed by atoms with Gasteiger partial charge in [-0.25, -0.2) is 4.98 Å². The second kappa shape index (κ2) is 5.45. The van der Waals surface area contributed by atoms with E-state index in [0.29, 0.717) is 30.4 Å². The molecule has 2 N–H and O–H groups in total. The third kappa shape index (κ3) is 2.63. The van der Waals surface area contributed by atoms with E-state index in [1.807, 2.05) is 13.0 Å². The van der Waals surface area contributed by atoms with Crippen LogP contribution >= 0.6 is 0 Å².